The van der Waals surface area contributed by atoms with Crippen LogP contribution in [0.1, 0.15) is 25.1 Å². The lowest BCUT2D eigenvalue weighted by atomic mass is 10.2. The Morgan fingerprint density at radius 2 is 2.12 bits per heavy atom. The molecule has 0 radical (unpaired) electrons. The fraction of sp³-hybridized carbons (Fsp3) is 0.647. The third-order valence-corrected chi connectivity index (χ3v) is 4.77. The number of carbonyl (C=O) groups excluding carboxylic acids is 1. The Morgan fingerprint density at radius 3 is 2.92 bits per heavy atom. The third-order valence-electron chi connectivity index (χ3n) is 4.77. The van der Waals surface area contributed by atoms with Gasteiger partial charge in [0, 0.05) is 39.1 Å². The van der Waals surface area contributed by atoms with Crippen molar-refractivity contribution in [3.63, 3.8) is 0 Å². The highest BCUT2D eigenvalue weighted by Crippen LogP contribution is 2.14. The molecule has 4 heterocycles. The molecule has 1 amide bonds. The molecule has 1 atom stereocenters. The smallest absolute Gasteiger partial charge is 0.220 e. The summed E-state index contributed by atoms with van der Waals surface area (Å²) >= 11 is 0. The van der Waals surface area contributed by atoms with E-state index in [4.69, 9.17) is 9.47 Å². The monoisotopic (exact) mass is 360 g/mol. The van der Waals surface area contributed by atoms with Crippen LogP contribution in [0, 0.1) is 0 Å². The molecule has 9 heteroatoms. The lowest BCUT2D eigenvalue weighted by Gasteiger charge is -2.27. The molecule has 0 saturated carbocycles. The van der Waals surface area contributed by atoms with E-state index in [1.165, 1.54) is 0 Å². The molecular formula is C17H24N6O3. The van der Waals surface area contributed by atoms with Crippen molar-refractivity contribution in [3.8, 4) is 0 Å². The van der Waals surface area contributed by atoms with Gasteiger partial charge < -0.3 is 19.7 Å². The number of aromatic nitrogens is 4. The van der Waals surface area contributed by atoms with Gasteiger partial charge in [0.15, 0.2) is 11.5 Å². The molecule has 26 heavy (non-hydrogen) atoms. The highest BCUT2D eigenvalue weighted by Gasteiger charge is 2.17. The van der Waals surface area contributed by atoms with Crippen molar-refractivity contribution < 1.29 is 14.3 Å². The summed E-state index contributed by atoms with van der Waals surface area (Å²) in [6, 6.07) is 3.86. The van der Waals surface area contributed by atoms with Gasteiger partial charge >= 0.3 is 0 Å². The second kappa shape index (κ2) is 7.96. The second-order valence-electron chi connectivity index (χ2n) is 6.62. The predicted octanol–water partition coefficient (Wildman–Crippen LogP) is 0.189. The van der Waals surface area contributed by atoms with Crippen LogP contribution >= 0.6 is 0 Å². The molecular weight excluding hydrogens is 336 g/mol. The molecule has 0 aromatic carbocycles. The maximum Gasteiger partial charge on any atom is 0.220 e. The van der Waals surface area contributed by atoms with Crippen molar-refractivity contribution in [2.45, 2.75) is 31.8 Å². The number of amides is 1. The van der Waals surface area contributed by atoms with Crippen molar-refractivity contribution >= 4 is 17.4 Å². The van der Waals surface area contributed by atoms with Crippen LogP contribution in [0.15, 0.2) is 12.1 Å². The Kier molecular flexibility index (Phi) is 5.26. The minimum Gasteiger partial charge on any atom is -0.378 e. The Balaban J connectivity index is 1.37. The summed E-state index contributed by atoms with van der Waals surface area (Å²) in [6.45, 7) is 4.44. The van der Waals surface area contributed by atoms with E-state index in [2.05, 4.69) is 25.5 Å². The summed E-state index contributed by atoms with van der Waals surface area (Å²) in [5.41, 5.74) is 0.691. The molecule has 2 aliphatic rings. The standard InChI is InChI=1S/C17H24N6O3/c24-17(18-12-13-2-1-9-26-13)6-5-15-20-19-14-3-4-16(21-23(14)15)22-7-10-25-11-8-22/h3-4,13H,1-2,5-12H2,(H,18,24)/t13-/m0/s1. The van der Waals surface area contributed by atoms with Gasteiger partial charge in [-0.25, -0.2) is 0 Å². The van der Waals surface area contributed by atoms with Crippen molar-refractivity contribution in [2.75, 3.05) is 44.4 Å². The zero-order chi connectivity index (χ0) is 17.8. The van der Waals surface area contributed by atoms with Crippen LogP contribution in [-0.2, 0) is 20.7 Å². The summed E-state index contributed by atoms with van der Waals surface area (Å²) in [7, 11) is 0. The molecule has 2 aliphatic heterocycles. The Morgan fingerprint density at radius 1 is 1.23 bits per heavy atom. The average Bonchev–Trinajstić information content (AvgIpc) is 3.35. The van der Waals surface area contributed by atoms with Gasteiger partial charge in [0.25, 0.3) is 0 Å². The molecule has 1 N–H and O–H groups in total. The van der Waals surface area contributed by atoms with Crippen LogP contribution in [0.25, 0.3) is 5.65 Å². The lowest BCUT2D eigenvalue weighted by molar-refractivity contribution is -0.121. The van der Waals surface area contributed by atoms with Crippen LogP contribution in [0.5, 0.6) is 0 Å². The van der Waals surface area contributed by atoms with E-state index in [0.717, 1.165) is 38.4 Å². The first-order valence-electron chi connectivity index (χ1n) is 9.22. The molecule has 140 valence electrons. The third kappa shape index (κ3) is 3.94. The van der Waals surface area contributed by atoms with Gasteiger partial charge in [0.2, 0.25) is 5.91 Å². The second-order valence-corrected chi connectivity index (χ2v) is 6.62. The first-order valence-corrected chi connectivity index (χ1v) is 9.22. The number of aryl methyl sites for hydroxylation is 1. The van der Waals surface area contributed by atoms with Gasteiger partial charge in [-0.3, -0.25) is 4.79 Å². The van der Waals surface area contributed by atoms with E-state index < -0.39 is 0 Å². The zero-order valence-electron chi connectivity index (χ0n) is 14.8. The number of rotatable bonds is 6. The highest BCUT2D eigenvalue weighted by molar-refractivity contribution is 5.76. The van der Waals surface area contributed by atoms with Crippen LogP contribution in [0.3, 0.4) is 0 Å². The Bertz CT molecular complexity index is 752. The summed E-state index contributed by atoms with van der Waals surface area (Å²) < 4.78 is 12.6. The number of ether oxygens (including phenoxy) is 2. The minimum atomic E-state index is 0.00147. The van der Waals surface area contributed by atoms with Crippen molar-refractivity contribution in [1.29, 1.82) is 0 Å². The number of nitrogens with one attached hydrogen (secondary N) is 1. The maximum atomic E-state index is 12.1. The van der Waals surface area contributed by atoms with E-state index in [9.17, 15) is 4.79 Å². The first kappa shape index (κ1) is 17.2. The molecule has 2 aromatic heterocycles. The quantitative estimate of drug-likeness (QED) is 0.786. The molecule has 0 unspecified atom stereocenters. The van der Waals surface area contributed by atoms with Gasteiger partial charge in [0.1, 0.15) is 5.82 Å². The number of fused-ring (bicyclic) bond motifs is 1. The average molecular weight is 360 g/mol. The van der Waals surface area contributed by atoms with Crippen molar-refractivity contribution in [1.82, 2.24) is 25.1 Å². The Labute approximate surface area is 151 Å². The first-order chi connectivity index (χ1) is 12.8. The highest BCUT2D eigenvalue weighted by atomic mass is 16.5. The molecule has 0 spiro atoms. The van der Waals surface area contributed by atoms with E-state index >= 15 is 0 Å². The lowest BCUT2D eigenvalue weighted by Crippen LogP contribution is -2.37. The predicted molar refractivity (Wildman–Crippen MR) is 94.1 cm³/mol. The minimum absolute atomic E-state index is 0.00147. The molecule has 9 nitrogen and oxygen atoms in total. The number of anilines is 1. The topological polar surface area (TPSA) is 93.9 Å². The fourth-order valence-electron chi connectivity index (χ4n) is 3.29. The molecule has 0 aliphatic carbocycles. The largest absolute Gasteiger partial charge is 0.378 e. The number of nitrogens with zero attached hydrogens (tertiary/aromatic N) is 5. The van der Waals surface area contributed by atoms with Gasteiger partial charge in [-0.1, -0.05) is 0 Å². The fourth-order valence-corrected chi connectivity index (χ4v) is 3.29. The van der Waals surface area contributed by atoms with Gasteiger partial charge in [-0.05, 0) is 25.0 Å². The van der Waals surface area contributed by atoms with Crippen molar-refractivity contribution in [2.24, 2.45) is 0 Å². The van der Waals surface area contributed by atoms with E-state index in [-0.39, 0.29) is 12.0 Å². The van der Waals surface area contributed by atoms with Crippen molar-refractivity contribution in [3.05, 3.63) is 18.0 Å². The summed E-state index contributed by atoms with van der Waals surface area (Å²) in [5.74, 6) is 1.58. The summed E-state index contributed by atoms with van der Waals surface area (Å²) in [6.07, 6.45) is 3.10. The van der Waals surface area contributed by atoms with E-state index in [0.29, 0.717) is 44.1 Å². The zero-order valence-corrected chi connectivity index (χ0v) is 14.8. The number of carbonyl (C=O) groups is 1. The van der Waals surface area contributed by atoms with E-state index in [1.54, 1.807) is 4.52 Å². The number of morpholine rings is 1. The normalized spacial score (nSPS) is 20.6. The van der Waals surface area contributed by atoms with Gasteiger partial charge in [-0.2, -0.15) is 4.52 Å². The SMILES string of the molecule is O=C(CCc1nnc2ccc(N3CCOCC3)nn12)NC[C@@H]1CCCO1. The summed E-state index contributed by atoms with van der Waals surface area (Å²) in [5, 5.41) is 15.9. The number of hydrogen-bond donors (Lipinski definition) is 1. The molecule has 0 bridgehead atoms. The van der Waals surface area contributed by atoms with Gasteiger partial charge in [-0.15, -0.1) is 15.3 Å². The van der Waals surface area contributed by atoms with Gasteiger partial charge in [0.05, 0.1) is 19.3 Å². The maximum absolute atomic E-state index is 12.1. The number of hydrogen-bond acceptors (Lipinski definition) is 7. The molecule has 4 rings (SSSR count). The molecule has 2 aromatic rings. The Hall–Kier alpha value is -2.26. The van der Waals surface area contributed by atoms with Crippen LogP contribution in [0.2, 0.25) is 0 Å². The molecule has 2 saturated heterocycles. The molecule has 2 fully saturated rings. The van der Waals surface area contributed by atoms with Crippen LogP contribution < -0.4 is 10.2 Å². The summed E-state index contributed by atoms with van der Waals surface area (Å²) in [4.78, 5) is 14.3. The van der Waals surface area contributed by atoms with Crippen LogP contribution in [-0.4, -0.2) is 71.3 Å². The van der Waals surface area contributed by atoms with Crippen LogP contribution in [0.4, 0.5) is 5.82 Å². The van der Waals surface area contributed by atoms with E-state index in [1.807, 2.05) is 12.1 Å².